The molecule has 0 saturated carbocycles. The van der Waals surface area contributed by atoms with Crippen molar-refractivity contribution >= 4 is 5.96 Å². The average Bonchev–Trinajstić information content (AvgIpc) is 2.18. The van der Waals surface area contributed by atoms with Crippen LogP contribution >= 0.6 is 0 Å². The van der Waals surface area contributed by atoms with Crippen LogP contribution in [0.4, 0.5) is 0 Å². The first-order chi connectivity index (χ1) is 7.75. The van der Waals surface area contributed by atoms with Crippen LogP contribution in [0, 0.1) is 0 Å². The molecule has 0 amide bonds. The average molecular weight is 222 g/mol. The molecule has 0 aromatic heterocycles. The van der Waals surface area contributed by atoms with Crippen LogP contribution in [0.2, 0.25) is 0 Å². The molecule has 0 atom stereocenters. The predicted octanol–water partition coefficient (Wildman–Crippen LogP) is 0.659. The van der Waals surface area contributed by atoms with E-state index in [1.807, 2.05) is 0 Å². The lowest BCUT2D eigenvalue weighted by molar-refractivity contribution is 0.289. The molecule has 4 nitrogen and oxygen atoms in total. The van der Waals surface area contributed by atoms with Gasteiger partial charge < -0.3 is 10.6 Å². The molecule has 2 N–H and O–H groups in total. The Morgan fingerprint density at radius 1 is 1.44 bits per heavy atom. The van der Waals surface area contributed by atoms with Gasteiger partial charge in [-0.1, -0.05) is 11.6 Å². The molecule has 0 spiro atoms. The first-order valence-corrected chi connectivity index (χ1v) is 6.18. The fraction of sp³-hybridized carbons (Fsp3) is 0.750. The molecule has 0 aromatic carbocycles. The third kappa shape index (κ3) is 2.98. The molecule has 90 valence electrons. The molecule has 4 heteroatoms. The molecule has 1 saturated heterocycles. The van der Waals surface area contributed by atoms with Crippen LogP contribution in [-0.4, -0.2) is 55.0 Å². The van der Waals surface area contributed by atoms with Gasteiger partial charge in [0.2, 0.25) is 0 Å². The van der Waals surface area contributed by atoms with Crippen molar-refractivity contribution in [1.82, 2.24) is 9.80 Å². The summed E-state index contributed by atoms with van der Waals surface area (Å²) in [7, 11) is 0. The van der Waals surface area contributed by atoms with E-state index in [0.717, 1.165) is 38.7 Å². The van der Waals surface area contributed by atoms with Gasteiger partial charge in [0, 0.05) is 32.7 Å². The lowest BCUT2D eigenvalue weighted by Crippen LogP contribution is -2.46. The molecule has 2 rings (SSSR count). The lowest BCUT2D eigenvalue weighted by atomic mass is 10.1. The van der Waals surface area contributed by atoms with Crippen LogP contribution in [0.5, 0.6) is 0 Å². The van der Waals surface area contributed by atoms with Crippen molar-refractivity contribution in [3.63, 3.8) is 0 Å². The van der Waals surface area contributed by atoms with E-state index < -0.39 is 0 Å². The van der Waals surface area contributed by atoms with E-state index in [0.29, 0.717) is 0 Å². The maximum atomic E-state index is 5.86. The van der Waals surface area contributed by atoms with Crippen LogP contribution < -0.4 is 5.73 Å². The van der Waals surface area contributed by atoms with Gasteiger partial charge in [-0.2, -0.15) is 0 Å². The molecule has 0 aliphatic carbocycles. The minimum atomic E-state index is 0.731. The standard InChI is InChI=1S/C12H22N4/c1-11-3-8-15(9-4-11)10-5-14-12(13)16-6-2-7-16/h3H,2,4-10H2,1H3,(H2,13,14). The van der Waals surface area contributed by atoms with E-state index in [9.17, 15) is 0 Å². The molecule has 0 aromatic rings. The summed E-state index contributed by atoms with van der Waals surface area (Å²) in [6.07, 6.45) is 4.77. The Bertz CT molecular complexity index is 291. The van der Waals surface area contributed by atoms with Crippen LogP contribution in [0.3, 0.4) is 0 Å². The summed E-state index contributed by atoms with van der Waals surface area (Å²) in [5.41, 5.74) is 7.38. The highest BCUT2D eigenvalue weighted by atomic mass is 15.3. The minimum Gasteiger partial charge on any atom is -0.370 e. The monoisotopic (exact) mass is 222 g/mol. The number of rotatable bonds is 3. The molecule has 2 aliphatic heterocycles. The number of guanidine groups is 1. The van der Waals surface area contributed by atoms with Crippen LogP contribution in [-0.2, 0) is 0 Å². The van der Waals surface area contributed by atoms with E-state index in [1.54, 1.807) is 0 Å². The second-order valence-electron chi connectivity index (χ2n) is 4.68. The highest BCUT2D eigenvalue weighted by Crippen LogP contribution is 2.09. The largest absolute Gasteiger partial charge is 0.370 e. The topological polar surface area (TPSA) is 44.9 Å². The van der Waals surface area contributed by atoms with Gasteiger partial charge in [0.15, 0.2) is 5.96 Å². The molecular formula is C12H22N4. The summed E-state index contributed by atoms with van der Waals surface area (Å²) in [6.45, 7) is 8.47. The van der Waals surface area contributed by atoms with Gasteiger partial charge in [0.05, 0.1) is 6.54 Å². The Morgan fingerprint density at radius 2 is 2.25 bits per heavy atom. The van der Waals surface area contributed by atoms with E-state index in [1.165, 1.54) is 25.0 Å². The van der Waals surface area contributed by atoms with Crippen LogP contribution in [0.15, 0.2) is 16.6 Å². The highest BCUT2D eigenvalue weighted by Gasteiger charge is 2.15. The fourth-order valence-electron chi connectivity index (χ4n) is 1.97. The Hall–Kier alpha value is -1.03. The molecule has 0 unspecified atom stereocenters. The third-order valence-corrected chi connectivity index (χ3v) is 3.39. The van der Waals surface area contributed by atoms with Crippen LogP contribution in [0.25, 0.3) is 0 Å². The maximum Gasteiger partial charge on any atom is 0.191 e. The van der Waals surface area contributed by atoms with Crippen molar-refractivity contribution in [3.05, 3.63) is 11.6 Å². The molecule has 0 radical (unpaired) electrons. The van der Waals surface area contributed by atoms with Gasteiger partial charge in [0.25, 0.3) is 0 Å². The number of aliphatic imine (C=N–C) groups is 1. The Balaban J connectivity index is 1.67. The van der Waals surface area contributed by atoms with E-state index >= 15 is 0 Å². The second kappa shape index (κ2) is 5.34. The van der Waals surface area contributed by atoms with Crippen molar-refractivity contribution in [2.45, 2.75) is 19.8 Å². The molecule has 2 heterocycles. The minimum absolute atomic E-state index is 0.731. The van der Waals surface area contributed by atoms with Gasteiger partial charge in [0.1, 0.15) is 0 Å². The van der Waals surface area contributed by atoms with Crippen molar-refractivity contribution in [2.24, 2.45) is 10.7 Å². The summed E-state index contributed by atoms with van der Waals surface area (Å²) in [5.74, 6) is 0.731. The summed E-state index contributed by atoms with van der Waals surface area (Å²) in [5, 5.41) is 0. The summed E-state index contributed by atoms with van der Waals surface area (Å²) in [6, 6.07) is 0. The zero-order valence-corrected chi connectivity index (χ0v) is 10.2. The molecule has 0 bridgehead atoms. The first kappa shape index (κ1) is 11.5. The zero-order valence-electron chi connectivity index (χ0n) is 10.2. The van der Waals surface area contributed by atoms with Crippen molar-refractivity contribution < 1.29 is 0 Å². The lowest BCUT2D eigenvalue weighted by Gasteiger charge is -2.32. The first-order valence-electron chi connectivity index (χ1n) is 6.18. The van der Waals surface area contributed by atoms with Crippen molar-refractivity contribution in [3.8, 4) is 0 Å². The van der Waals surface area contributed by atoms with Gasteiger partial charge >= 0.3 is 0 Å². The normalized spacial score (nSPS) is 22.9. The summed E-state index contributed by atoms with van der Waals surface area (Å²) in [4.78, 5) is 8.99. The summed E-state index contributed by atoms with van der Waals surface area (Å²) < 4.78 is 0. The maximum absolute atomic E-state index is 5.86. The summed E-state index contributed by atoms with van der Waals surface area (Å²) >= 11 is 0. The number of nitrogens with zero attached hydrogens (tertiary/aromatic N) is 3. The second-order valence-corrected chi connectivity index (χ2v) is 4.68. The Labute approximate surface area is 97.8 Å². The molecule has 1 fully saturated rings. The quantitative estimate of drug-likeness (QED) is 0.433. The fourth-order valence-corrected chi connectivity index (χ4v) is 1.97. The van der Waals surface area contributed by atoms with Crippen molar-refractivity contribution in [2.75, 3.05) is 39.3 Å². The van der Waals surface area contributed by atoms with Gasteiger partial charge in [-0.05, 0) is 19.8 Å². The highest BCUT2D eigenvalue weighted by molar-refractivity contribution is 5.78. The molecular weight excluding hydrogens is 200 g/mol. The zero-order chi connectivity index (χ0) is 11.4. The van der Waals surface area contributed by atoms with Crippen molar-refractivity contribution in [1.29, 1.82) is 0 Å². The number of nitrogens with two attached hydrogens (primary N) is 1. The van der Waals surface area contributed by atoms with Gasteiger partial charge in [-0.15, -0.1) is 0 Å². The Kier molecular flexibility index (Phi) is 3.83. The third-order valence-electron chi connectivity index (χ3n) is 3.39. The van der Waals surface area contributed by atoms with Gasteiger partial charge in [-0.25, -0.2) is 0 Å². The molecule has 16 heavy (non-hydrogen) atoms. The smallest absolute Gasteiger partial charge is 0.191 e. The van der Waals surface area contributed by atoms with Gasteiger partial charge in [-0.3, -0.25) is 9.89 Å². The molecule has 2 aliphatic rings. The number of hydrogen-bond donors (Lipinski definition) is 1. The van der Waals surface area contributed by atoms with E-state index in [4.69, 9.17) is 5.73 Å². The number of hydrogen-bond acceptors (Lipinski definition) is 2. The number of likely N-dealkylation sites (tertiary alicyclic amines) is 1. The van der Waals surface area contributed by atoms with E-state index in [-0.39, 0.29) is 0 Å². The van der Waals surface area contributed by atoms with E-state index in [2.05, 4.69) is 27.8 Å². The van der Waals surface area contributed by atoms with Crippen LogP contribution in [0.1, 0.15) is 19.8 Å². The Morgan fingerprint density at radius 3 is 2.81 bits per heavy atom. The predicted molar refractivity (Wildman–Crippen MR) is 67.5 cm³/mol. The SMILES string of the molecule is CC1=CCN(CCN=C(N)N2CCC2)CC1.